The van der Waals surface area contributed by atoms with E-state index in [1.807, 2.05) is 12.1 Å². The molecule has 2 aromatic rings. The number of carboxylic acid groups (broad SMARTS) is 1. The molecular weight excluding hydrogens is 312 g/mol. The molecule has 0 fully saturated rings. The molecule has 6 heteroatoms. The van der Waals surface area contributed by atoms with Gasteiger partial charge >= 0.3 is 5.97 Å². The summed E-state index contributed by atoms with van der Waals surface area (Å²) in [5.74, 6) is -0.245. The van der Waals surface area contributed by atoms with Gasteiger partial charge in [0.05, 0.1) is 22.9 Å². The van der Waals surface area contributed by atoms with Gasteiger partial charge in [-0.05, 0) is 42.0 Å². The molecule has 0 aliphatic carbocycles. The second-order valence-corrected chi connectivity index (χ2v) is 5.72. The lowest BCUT2D eigenvalue weighted by Crippen LogP contribution is -2.14. The Kier molecular flexibility index (Phi) is 5.78. The van der Waals surface area contributed by atoms with Crippen LogP contribution >= 0.6 is 11.8 Å². The van der Waals surface area contributed by atoms with Crippen molar-refractivity contribution < 1.29 is 14.7 Å². The fourth-order valence-electron chi connectivity index (χ4n) is 1.89. The number of carbonyl (C=O) groups excluding carboxylic acids is 1. The monoisotopic (exact) mass is 326 g/mol. The van der Waals surface area contributed by atoms with Crippen LogP contribution in [-0.4, -0.2) is 22.7 Å². The quantitative estimate of drug-likeness (QED) is 0.851. The Balaban J connectivity index is 1.81. The summed E-state index contributed by atoms with van der Waals surface area (Å²) in [6.45, 7) is 0. The first-order chi connectivity index (χ1) is 11.1. The zero-order chi connectivity index (χ0) is 16.7. The lowest BCUT2D eigenvalue weighted by molar-refractivity contribution is -0.113. The zero-order valence-corrected chi connectivity index (χ0v) is 13.0. The molecule has 0 atom stereocenters. The number of hydrogen-bond acceptors (Lipinski definition) is 4. The predicted molar refractivity (Wildman–Crippen MR) is 89.4 cm³/mol. The van der Waals surface area contributed by atoms with Gasteiger partial charge in [0.2, 0.25) is 5.91 Å². The number of hydrogen-bond donors (Lipinski definition) is 2. The molecule has 0 unspecified atom stereocenters. The fraction of sp³-hybridized carbons (Fsp3) is 0.118. The third-order valence-corrected chi connectivity index (χ3v) is 3.98. The highest BCUT2D eigenvalue weighted by Gasteiger charge is 2.05. The molecule has 0 saturated carbocycles. The minimum absolute atomic E-state index is 0.158. The molecule has 0 bridgehead atoms. The molecule has 1 amide bonds. The highest BCUT2D eigenvalue weighted by atomic mass is 32.2. The molecule has 0 saturated heterocycles. The summed E-state index contributed by atoms with van der Waals surface area (Å²) in [4.78, 5) is 22.6. The maximum Gasteiger partial charge on any atom is 0.335 e. The van der Waals surface area contributed by atoms with Crippen molar-refractivity contribution in [1.82, 2.24) is 0 Å². The van der Waals surface area contributed by atoms with Crippen LogP contribution in [0.1, 0.15) is 21.5 Å². The molecule has 5 nitrogen and oxygen atoms in total. The molecule has 2 N–H and O–H groups in total. The van der Waals surface area contributed by atoms with Crippen molar-refractivity contribution >= 4 is 29.3 Å². The summed E-state index contributed by atoms with van der Waals surface area (Å²) in [5, 5.41) is 20.4. The van der Waals surface area contributed by atoms with Crippen LogP contribution in [0, 0.1) is 11.3 Å². The van der Waals surface area contributed by atoms with E-state index in [1.165, 1.54) is 23.9 Å². The van der Waals surface area contributed by atoms with Gasteiger partial charge in [0.15, 0.2) is 0 Å². The van der Waals surface area contributed by atoms with E-state index >= 15 is 0 Å². The van der Waals surface area contributed by atoms with Crippen molar-refractivity contribution in [2.75, 3.05) is 11.1 Å². The van der Waals surface area contributed by atoms with Crippen molar-refractivity contribution in [3.8, 4) is 6.07 Å². The first-order valence-corrected chi connectivity index (χ1v) is 7.94. The number of amides is 1. The standard InChI is InChI=1S/C17H14N2O3S/c18-9-12-2-1-3-13(8-12)10-23-11-16(20)19-15-6-4-14(5-7-15)17(21)22/h1-8H,10-11H2,(H,19,20)(H,21,22). The van der Waals surface area contributed by atoms with E-state index in [1.54, 1.807) is 24.3 Å². The molecule has 0 aliphatic rings. The summed E-state index contributed by atoms with van der Waals surface area (Å²) >= 11 is 1.45. The van der Waals surface area contributed by atoms with Gasteiger partial charge in [0.1, 0.15) is 0 Å². The summed E-state index contributed by atoms with van der Waals surface area (Å²) in [7, 11) is 0. The van der Waals surface area contributed by atoms with E-state index in [0.717, 1.165) is 5.56 Å². The van der Waals surface area contributed by atoms with Crippen LogP contribution in [0.2, 0.25) is 0 Å². The van der Waals surface area contributed by atoms with E-state index < -0.39 is 5.97 Å². The van der Waals surface area contributed by atoms with E-state index in [-0.39, 0.29) is 17.2 Å². The Hall–Kier alpha value is -2.78. The summed E-state index contributed by atoms with van der Waals surface area (Å²) in [6, 6.07) is 15.4. The Morgan fingerprint density at radius 3 is 2.57 bits per heavy atom. The van der Waals surface area contributed by atoms with Crippen LogP contribution in [-0.2, 0) is 10.5 Å². The first kappa shape index (κ1) is 16.6. The molecule has 0 radical (unpaired) electrons. The van der Waals surface area contributed by atoms with E-state index in [9.17, 15) is 9.59 Å². The lowest BCUT2D eigenvalue weighted by atomic mass is 10.2. The van der Waals surface area contributed by atoms with Crippen molar-refractivity contribution in [3.05, 3.63) is 65.2 Å². The highest BCUT2D eigenvalue weighted by molar-refractivity contribution is 7.99. The molecule has 0 spiro atoms. The Morgan fingerprint density at radius 1 is 1.17 bits per heavy atom. The van der Waals surface area contributed by atoms with Crippen LogP contribution in [0.5, 0.6) is 0 Å². The van der Waals surface area contributed by atoms with Gasteiger partial charge in [-0.25, -0.2) is 4.79 Å². The van der Waals surface area contributed by atoms with Gasteiger partial charge in [-0.1, -0.05) is 12.1 Å². The van der Waals surface area contributed by atoms with E-state index in [2.05, 4.69) is 11.4 Å². The Bertz CT molecular complexity index is 751. The van der Waals surface area contributed by atoms with Gasteiger partial charge in [0, 0.05) is 11.4 Å². The van der Waals surface area contributed by atoms with Gasteiger partial charge in [-0.15, -0.1) is 11.8 Å². The number of carboxylic acids is 1. The number of thioether (sulfide) groups is 1. The Morgan fingerprint density at radius 2 is 1.91 bits per heavy atom. The highest BCUT2D eigenvalue weighted by Crippen LogP contribution is 2.15. The number of carbonyl (C=O) groups is 2. The minimum atomic E-state index is -1.00. The summed E-state index contributed by atoms with van der Waals surface area (Å²) in [6.07, 6.45) is 0. The molecule has 116 valence electrons. The van der Waals surface area contributed by atoms with Crippen LogP contribution in [0.25, 0.3) is 0 Å². The van der Waals surface area contributed by atoms with Gasteiger partial charge < -0.3 is 10.4 Å². The van der Waals surface area contributed by atoms with Crippen molar-refractivity contribution in [2.45, 2.75) is 5.75 Å². The third-order valence-electron chi connectivity index (χ3n) is 2.97. The number of nitrogens with zero attached hydrogens (tertiary/aromatic N) is 1. The third kappa shape index (κ3) is 5.16. The number of anilines is 1. The second kappa shape index (κ2) is 8.01. The van der Waals surface area contributed by atoms with Crippen LogP contribution < -0.4 is 5.32 Å². The largest absolute Gasteiger partial charge is 0.478 e. The van der Waals surface area contributed by atoms with Crippen LogP contribution in [0.4, 0.5) is 5.69 Å². The average Bonchev–Trinajstić information content (AvgIpc) is 2.55. The SMILES string of the molecule is N#Cc1cccc(CSCC(=O)Nc2ccc(C(=O)O)cc2)c1. The van der Waals surface area contributed by atoms with Crippen molar-refractivity contribution in [2.24, 2.45) is 0 Å². The normalized spacial score (nSPS) is 9.87. The van der Waals surface area contributed by atoms with Crippen LogP contribution in [0.15, 0.2) is 48.5 Å². The number of benzene rings is 2. The summed E-state index contributed by atoms with van der Waals surface area (Å²) in [5.41, 5.74) is 2.33. The van der Waals surface area contributed by atoms with Crippen molar-refractivity contribution in [3.63, 3.8) is 0 Å². The average molecular weight is 326 g/mol. The maximum absolute atomic E-state index is 11.8. The number of aromatic carboxylic acids is 1. The topological polar surface area (TPSA) is 90.2 Å². The molecule has 0 aromatic heterocycles. The maximum atomic E-state index is 11.8. The van der Waals surface area contributed by atoms with Gasteiger partial charge in [0.25, 0.3) is 0 Å². The molecule has 23 heavy (non-hydrogen) atoms. The Labute approximate surface area is 137 Å². The van der Waals surface area contributed by atoms with Gasteiger partial charge in [-0.2, -0.15) is 5.26 Å². The predicted octanol–water partition coefficient (Wildman–Crippen LogP) is 3.13. The van der Waals surface area contributed by atoms with Crippen molar-refractivity contribution in [1.29, 1.82) is 5.26 Å². The molecule has 2 aromatic carbocycles. The number of rotatable bonds is 6. The first-order valence-electron chi connectivity index (χ1n) is 6.78. The van der Waals surface area contributed by atoms with E-state index in [4.69, 9.17) is 10.4 Å². The summed E-state index contributed by atoms with van der Waals surface area (Å²) < 4.78 is 0. The molecule has 0 heterocycles. The lowest BCUT2D eigenvalue weighted by Gasteiger charge is -2.06. The number of nitriles is 1. The zero-order valence-electron chi connectivity index (χ0n) is 12.2. The number of nitrogens with one attached hydrogen (secondary N) is 1. The van der Waals surface area contributed by atoms with E-state index in [0.29, 0.717) is 17.0 Å². The minimum Gasteiger partial charge on any atom is -0.478 e. The molecule has 2 rings (SSSR count). The fourth-order valence-corrected chi connectivity index (χ4v) is 2.66. The second-order valence-electron chi connectivity index (χ2n) is 4.74. The molecular formula is C17H14N2O3S. The molecule has 0 aliphatic heterocycles. The smallest absolute Gasteiger partial charge is 0.335 e. The van der Waals surface area contributed by atoms with Crippen LogP contribution in [0.3, 0.4) is 0 Å². The van der Waals surface area contributed by atoms with Gasteiger partial charge in [-0.3, -0.25) is 4.79 Å².